The molecule has 0 aromatic carbocycles. The van der Waals surface area contributed by atoms with Crippen LogP contribution in [-0.2, 0) is 0 Å². The van der Waals surface area contributed by atoms with Gasteiger partial charge in [-0.2, -0.15) is 0 Å². The van der Waals surface area contributed by atoms with Crippen LogP contribution in [0.2, 0.25) is 0 Å². The zero-order valence-corrected chi connectivity index (χ0v) is 7.84. The molecule has 0 aliphatic rings. The molecule has 1 heteroatoms. The largest absolute Gasteiger partial charge is 0.328 e. The molecule has 1 atom stereocenters. The molecule has 0 aliphatic heterocycles. The molecule has 0 saturated carbocycles. The van der Waals surface area contributed by atoms with E-state index in [1.54, 1.807) is 0 Å². The van der Waals surface area contributed by atoms with Crippen molar-refractivity contribution in [2.75, 3.05) is 0 Å². The summed E-state index contributed by atoms with van der Waals surface area (Å²) in [6.45, 7) is 8.14. The summed E-state index contributed by atoms with van der Waals surface area (Å²) >= 11 is 0. The molecule has 0 spiro atoms. The van der Waals surface area contributed by atoms with Crippen LogP contribution in [-0.4, -0.2) is 6.04 Å². The Morgan fingerprint density at radius 1 is 1.27 bits per heavy atom. The topological polar surface area (TPSA) is 26.0 Å². The van der Waals surface area contributed by atoms with Crippen molar-refractivity contribution in [3.8, 4) is 0 Å². The van der Waals surface area contributed by atoms with Crippen LogP contribution in [0.3, 0.4) is 0 Å². The number of rotatable bonds is 6. The van der Waals surface area contributed by atoms with Gasteiger partial charge in [-0.15, -0.1) is 6.58 Å². The molecule has 0 radical (unpaired) electrons. The molecule has 0 rings (SSSR count). The summed E-state index contributed by atoms with van der Waals surface area (Å²) < 4.78 is 0. The first-order valence-corrected chi connectivity index (χ1v) is 4.53. The van der Waals surface area contributed by atoms with E-state index in [2.05, 4.69) is 20.4 Å². The van der Waals surface area contributed by atoms with Crippen LogP contribution < -0.4 is 5.73 Å². The monoisotopic (exact) mass is 155 g/mol. The van der Waals surface area contributed by atoms with Crippen molar-refractivity contribution >= 4 is 0 Å². The number of nitrogens with two attached hydrogens (primary N) is 1. The maximum atomic E-state index is 5.86. The molecule has 0 aliphatic carbocycles. The smallest absolute Gasteiger partial charge is 0.00418 e. The molecular weight excluding hydrogens is 134 g/mol. The first-order chi connectivity index (χ1) is 5.16. The van der Waals surface area contributed by atoms with Crippen molar-refractivity contribution in [3.63, 3.8) is 0 Å². The highest BCUT2D eigenvalue weighted by atomic mass is 14.6. The predicted molar refractivity (Wildman–Crippen MR) is 51.5 cm³/mol. The Kier molecular flexibility index (Phi) is 6.24. The van der Waals surface area contributed by atoms with Crippen LogP contribution >= 0.6 is 0 Å². The summed E-state index contributed by atoms with van der Waals surface area (Å²) in [6.07, 6.45) is 6.49. The fourth-order valence-electron chi connectivity index (χ4n) is 1.02. The molecule has 1 nitrogen and oxygen atoms in total. The Labute approximate surface area is 70.7 Å². The van der Waals surface area contributed by atoms with Crippen molar-refractivity contribution in [2.45, 2.75) is 45.6 Å². The van der Waals surface area contributed by atoms with Crippen LogP contribution in [0.5, 0.6) is 0 Å². The molecule has 0 saturated heterocycles. The molecule has 0 aromatic rings. The molecule has 11 heavy (non-hydrogen) atoms. The maximum absolute atomic E-state index is 5.86. The minimum absolute atomic E-state index is 0.385. The maximum Gasteiger partial charge on any atom is 0.00418 e. The summed E-state index contributed by atoms with van der Waals surface area (Å²) in [5, 5.41) is 0. The van der Waals surface area contributed by atoms with E-state index in [9.17, 15) is 0 Å². The molecule has 0 amide bonds. The Bertz CT molecular complexity index is 97.0. The Balaban J connectivity index is 3.21. The van der Waals surface area contributed by atoms with E-state index in [4.69, 9.17) is 5.73 Å². The highest BCUT2D eigenvalue weighted by Crippen LogP contribution is 2.08. The van der Waals surface area contributed by atoms with Gasteiger partial charge in [0, 0.05) is 6.04 Å². The van der Waals surface area contributed by atoms with E-state index in [0.717, 1.165) is 25.2 Å². The average Bonchev–Trinajstić information content (AvgIpc) is 1.97. The average molecular weight is 155 g/mol. The third kappa shape index (κ3) is 7.60. The van der Waals surface area contributed by atoms with Gasteiger partial charge < -0.3 is 5.73 Å². The van der Waals surface area contributed by atoms with Gasteiger partial charge in [0.05, 0.1) is 0 Å². The number of hydrogen-bond donors (Lipinski definition) is 1. The predicted octanol–water partition coefficient (Wildman–Crippen LogP) is 2.72. The van der Waals surface area contributed by atoms with Crippen LogP contribution in [0.4, 0.5) is 0 Å². The third-order valence-corrected chi connectivity index (χ3v) is 1.86. The van der Waals surface area contributed by atoms with Crippen LogP contribution in [0.15, 0.2) is 12.7 Å². The van der Waals surface area contributed by atoms with Gasteiger partial charge >= 0.3 is 0 Å². The van der Waals surface area contributed by atoms with E-state index in [0.29, 0.717) is 6.04 Å². The summed E-state index contributed by atoms with van der Waals surface area (Å²) in [5.74, 6) is 0.782. The second-order valence-corrected chi connectivity index (χ2v) is 3.60. The lowest BCUT2D eigenvalue weighted by Gasteiger charge is -2.11. The second kappa shape index (κ2) is 6.41. The SMILES string of the molecule is C=CCCC(N)CCC(C)C. The zero-order chi connectivity index (χ0) is 8.69. The number of allylic oxidation sites excluding steroid dienone is 1. The Hall–Kier alpha value is -0.300. The zero-order valence-electron chi connectivity index (χ0n) is 7.84. The normalized spacial score (nSPS) is 13.5. The van der Waals surface area contributed by atoms with Crippen molar-refractivity contribution < 1.29 is 0 Å². The Morgan fingerprint density at radius 3 is 2.36 bits per heavy atom. The third-order valence-electron chi connectivity index (χ3n) is 1.86. The van der Waals surface area contributed by atoms with Gasteiger partial charge in [0.1, 0.15) is 0 Å². The lowest BCUT2D eigenvalue weighted by Crippen LogP contribution is -2.19. The van der Waals surface area contributed by atoms with E-state index in [1.807, 2.05) is 6.08 Å². The summed E-state index contributed by atoms with van der Waals surface area (Å²) in [7, 11) is 0. The van der Waals surface area contributed by atoms with Gasteiger partial charge in [-0.05, 0) is 31.6 Å². The second-order valence-electron chi connectivity index (χ2n) is 3.60. The van der Waals surface area contributed by atoms with Crippen molar-refractivity contribution in [2.24, 2.45) is 11.7 Å². The van der Waals surface area contributed by atoms with Gasteiger partial charge in [0.2, 0.25) is 0 Å². The van der Waals surface area contributed by atoms with E-state index in [1.165, 1.54) is 6.42 Å². The minimum atomic E-state index is 0.385. The molecule has 1 unspecified atom stereocenters. The first kappa shape index (κ1) is 10.7. The fourth-order valence-corrected chi connectivity index (χ4v) is 1.02. The number of hydrogen-bond acceptors (Lipinski definition) is 1. The summed E-state index contributed by atoms with van der Waals surface area (Å²) in [5.41, 5.74) is 5.86. The molecule has 0 fully saturated rings. The molecular formula is C10H21N. The van der Waals surface area contributed by atoms with Crippen LogP contribution in [0, 0.1) is 5.92 Å². The highest BCUT2D eigenvalue weighted by molar-refractivity contribution is 4.71. The van der Waals surface area contributed by atoms with Gasteiger partial charge in [-0.25, -0.2) is 0 Å². The van der Waals surface area contributed by atoms with Crippen LogP contribution in [0.1, 0.15) is 39.5 Å². The lowest BCUT2D eigenvalue weighted by molar-refractivity contribution is 0.481. The van der Waals surface area contributed by atoms with Gasteiger partial charge in [0.25, 0.3) is 0 Å². The van der Waals surface area contributed by atoms with Crippen molar-refractivity contribution in [1.29, 1.82) is 0 Å². The van der Waals surface area contributed by atoms with Gasteiger partial charge in [-0.1, -0.05) is 19.9 Å². The standard InChI is InChI=1S/C10H21N/c1-4-5-6-10(11)8-7-9(2)3/h4,9-10H,1,5-8,11H2,2-3H3. The first-order valence-electron chi connectivity index (χ1n) is 4.53. The molecule has 0 bridgehead atoms. The molecule has 0 heterocycles. The van der Waals surface area contributed by atoms with E-state index >= 15 is 0 Å². The quantitative estimate of drug-likeness (QED) is 0.586. The molecule has 2 N–H and O–H groups in total. The van der Waals surface area contributed by atoms with Crippen LogP contribution in [0.25, 0.3) is 0 Å². The van der Waals surface area contributed by atoms with E-state index < -0.39 is 0 Å². The van der Waals surface area contributed by atoms with E-state index in [-0.39, 0.29) is 0 Å². The minimum Gasteiger partial charge on any atom is -0.328 e. The highest BCUT2D eigenvalue weighted by Gasteiger charge is 2.02. The Morgan fingerprint density at radius 2 is 1.91 bits per heavy atom. The van der Waals surface area contributed by atoms with Crippen molar-refractivity contribution in [3.05, 3.63) is 12.7 Å². The van der Waals surface area contributed by atoms with Gasteiger partial charge in [0.15, 0.2) is 0 Å². The molecule has 0 aromatic heterocycles. The summed E-state index contributed by atoms with van der Waals surface area (Å²) in [4.78, 5) is 0. The summed E-state index contributed by atoms with van der Waals surface area (Å²) in [6, 6.07) is 0.385. The molecule has 66 valence electrons. The van der Waals surface area contributed by atoms with Gasteiger partial charge in [-0.3, -0.25) is 0 Å². The fraction of sp³-hybridized carbons (Fsp3) is 0.800. The lowest BCUT2D eigenvalue weighted by atomic mass is 10.0. The van der Waals surface area contributed by atoms with Crippen molar-refractivity contribution in [1.82, 2.24) is 0 Å².